The minimum Gasteiger partial charge on any atom is -0.457 e. The molecule has 120 valence electrons. The first-order valence-corrected chi connectivity index (χ1v) is 7.78. The SMILES string of the molecule is CCc1ccccc1.CN.c1ccc(Oc2ccccc2)cc1. The van der Waals surface area contributed by atoms with Crippen molar-refractivity contribution in [2.45, 2.75) is 13.3 Å². The molecular weight excluding hydrogens is 282 g/mol. The van der Waals surface area contributed by atoms with Crippen LogP contribution in [0.1, 0.15) is 12.5 Å². The molecule has 2 nitrogen and oxygen atoms in total. The highest BCUT2D eigenvalue weighted by Crippen LogP contribution is 2.19. The van der Waals surface area contributed by atoms with Gasteiger partial charge in [-0.25, -0.2) is 0 Å². The van der Waals surface area contributed by atoms with E-state index in [1.54, 1.807) is 0 Å². The molecule has 0 aliphatic carbocycles. The molecule has 23 heavy (non-hydrogen) atoms. The molecule has 0 spiro atoms. The van der Waals surface area contributed by atoms with Crippen LogP contribution in [0.2, 0.25) is 0 Å². The van der Waals surface area contributed by atoms with Gasteiger partial charge in [0, 0.05) is 0 Å². The smallest absolute Gasteiger partial charge is 0.127 e. The Bertz CT molecular complexity index is 572. The molecule has 0 bridgehead atoms. The number of para-hydroxylation sites is 2. The van der Waals surface area contributed by atoms with Gasteiger partial charge in [0.1, 0.15) is 11.5 Å². The zero-order valence-corrected chi connectivity index (χ0v) is 13.9. The molecule has 0 unspecified atom stereocenters. The molecule has 0 saturated carbocycles. The van der Waals surface area contributed by atoms with E-state index >= 15 is 0 Å². The first kappa shape index (κ1) is 18.5. The Morgan fingerprint density at radius 1 is 0.609 bits per heavy atom. The molecule has 2 N–H and O–H groups in total. The van der Waals surface area contributed by atoms with Gasteiger partial charge in [-0.3, -0.25) is 0 Å². The number of benzene rings is 3. The van der Waals surface area contributed by atoms with Gasteiger partial charge in [0.2, 0.25) is 0 Å². The summed E-state index contributed by atoms with van der Waals surface area (Å²) in [4.78, 5) is 0. The molecule has 0 fully saturated rings. The van der Waals surface area contributed by atoms with Crippen LogP contribution < -0.4 is 10.5 Å². The van der Waals surface area contributed by atoms with Crippen LogP contribution >= 0.6 is 0 Å². The van der Waals surface area contributed by atoms with E-state index in [1.807, 2.05) is 66.7 Å². The van der Waals surface area contributed by atoms with Crippen LogP contribution in [0.5, 0.6) is 11.5 Å². The average molecular weight is 307 g/mol. The van der Waals surface area contributed by atoms with Gasteiger partial charge in [-0.05, 0) is 43.3 Å². The van der Waals surface area contributed by atoms with Crippen LogP contribution in [0.15, 0.2) is 91.0 Å². The van der Waals surface area contributed by atoms with Crippen molar-refractivity contribution in [3.05, 3.63) is 96.6 Å². The van der Waals surface area contributed by atoms with Gasteiger partial charge in [0.15, 0.2) is 0 Å². The Morgan fingerprint density at radius 2 is 0.957 bits per heavy atom. The number of hydrogen-bond acceptors (Lipinski definition) is 2. The summed E-state index contributed by atoms with van der Waals surface area (Å²) in [5.74, 6) is 1.74. The van der Waals surface area contributed by atoms with Gasteiger partial charge in [-0.2, -0.15) is 0 Å². The Kier molecular flexibility index (Phi) is 9.65. The lowest BCUT2D eigenvalue weighted by molar-refractivity contribution is 0.482. The van der Waals surface area contributed by atoms with E-state index in [1.165, 1.54) is 12.6 Å². The first-order chi connectivity index (χ1) is 11.4. The van der Waals surface area contributed by atoms with Gasteiger partial charge in [-0.15, -0.1) is 0 Å². The molecule has 3 aromatic rings. The lowest BCUT2D eigenvalue weighted by atomic mass is 10.2. The van der Waals surface area contributed by atoms with Crippen LogP contribution in [-0.2, 0) is 6.42 Å². The van der Waals surface area contributed by atoms with E-state index in [9.17, 15) is 0 Å². The summed E-state index contributed by atoms with van der Waals surface area (Å²) in [6.07, 6.45) is 1.14. The summed E-state index contributed by atoms with van der Waals surface area (Å²) in [5, 5.41) is 0. The van der Waals surface area contributed by atoms with Gasteiger partial charge >= 0.3 is 0 Å². The molecule has 0 saturated heterocycles. The van der Waals surface area contributed by atoms with Gasteiger partial charge in [-0.1, -0.05) is 73.7 Å². The molecule has 0 aromatic heterocycles. The number of rotatable bonds is 3. The quantitative estimate of drug-likeness (QED) is 0.712. The highest BCUT2D eigenvalue weighted by Gasteiger charge is 1.92. The summed E-state index contributed by atoms with van der Waals surface area (Å²) in [6, 6.07) is 30.0. The number of aryl methyl sites for hydroxylation is 1. The number of nitrogens with two attached hydrogens (primary N) is 1. The van der Waals surface area contributed by atoms with Gasteiger partial charge in [0.25, 0.3) is 0 Å². The lowest BCUT2D eigenvalue weighted by Crippen LogP contribution is -1.81. The van der Waals surface area contributed by atoms with Crippen molar-refractivity contribution in [1.82, 2.24) is 0 Å². The van der Waals surface area contributed by atoms with Crippen molar-refractivity contribution >= 4 is 0 Å². The fraction of sp³-hybridized carbons (Fsp3) is 0.143. The topological polar surface area (TPSA) is 35.2 Å². The first-order valence-electron chi connectivity index (χ1n) is 7.78. The highest BCUT2D eigenvalue weighted by molar-refractivity contribution is 5.30. The molecule has 3 aromatic carbocycles. The highest BCUT2D eigenvalue weighted by atomic mass is 16.5. The minimum absolute atomic E-state index is 0.869. The lowest BCUT2D eigenvalue weighted by Gasteiger charge is -2.03. The Morgan fingerprint density at radius 3 is 1.26 bits per heavy atom. The van der Waals surface area contributed by atoms with Crippen LogP contribution in [-0.4, -0.2) is 7.05 Å². The maximum atomic E-state index is 5.58. The van der Waals surface area contributed by atoms with E-state index < -0.39 is 0 Å². The van der Waals surface area contributed by atoms with E-state index in [0.29, 0.717) is 0 Å². The summed E-state index contributed by atoms with van der Waals surface area (Å²) < 4.78 is 5.58. The predicted molar refractivity (Wildman–Crippen MR) is 98.9 cm³/mol. The van der Waals surface area contributed by atoms with Gasteiger partial charge in [0.05, 0.1) is 0 Å². The maximum absolute atomic E-state index is 5.58. The molecule has 0 aliphatic heterocycles. The summed E-state index contributed by atoms with van der Waals surface area (Å²) in [7, 11) is 1.50. The third-order valence-electron chi connectivity index (χ3n) is 2.97. The van der Waals surface area contributed by atoms with E-state index in [0.717, 1.165) is 17.9 Å². The molecule has 0 atom stereocenters. The van der Waals surface area contributed by atoms with Crippen molar-refractivity contribution < 1.29 is 4.74 Å². The third-order valence-corrected chi connectivity index (χ3v) is 2.97. The molecule has 0 heterocycles. The second-order valence-corrected chi connectivity index (χ2v) is 4.57. The minimum atomic E-state index is 0.869. The fourth-order valence-corrected chi connectivity index (χ4v) is 1.83. The summed E-state index contributed by atoms with van der Waals surface area (Å²) in [5.41, 5.74) is 5.91. The summed E-state index contributed by atoms with van der Waals surface area (Å²) in [6.45, 7) is 2.16. The van der Waals surface area contributed by atoms with Crippen LogP contribution in [0, 0.1) is 0 Å². The van der Waals surface area contributed by atoms with E-state index in [2.05, 4.69) is 36.9 Å². The molecule has 2 heteroatoms. The maximum Gasteiger partial charge on any atom is 0.127 e. The number of ether oxygens (including phenoxy) is 1. The van der Waals surface area contributed by atoms with Crippen molar-refractivity contribution in [3.63, 3.8) is 0 Å². The van der Waals surface area contributed by atoms with Crippen molar-refractivity contribution in [3.8, 4) is 11.5 Å². The summed E-state index contributed by atoms with van der Waals surface area (Å²) >= 11 is 0. The molecule has 0 radical (unpaired) electrons. The second-order valence-electron chi connectivity index (χ2n) is 4.57. The average Bonchev–Trinajstić information content (AvgIpc) is 2.66. The Labute approximate surface area is 139 Å². The van der Waals surface area contributed by atoms with Crippen LogP contribution in [0.4, 0.5) is 0 Å². The largest absolute Gasteiger partial charge is 0.457 e. The van der Waals surface area contributed by atoms with Gasteiger partial charge < -0.3 is 10.5 Å². The molecular formula is C21H25NO. The molecule has 3 rings (SSSR count). The standard InChI is InChI=1S/C12H10O.C8H10.CH5N/c1-3-7-11(8-4-1)13-12-9-5-2-6-10-12;1-2-8-6-4-3-5-7-8;1-2/h1-10H;3-7H,2H2,1H3;2H2,1H3. The van der Waals surface area contributed by atoms with E-state index in [4.69, 9.17) is 4.74 Å². The Hall–Kier alpha value is -2.58. The predicted octanol–water partition coefficient (Wildman–Crippen LogP) is 5.30. The van der Waals surface area contributed by atoms with E-state index in [-0.39, 0.29) is 0 Å². The monoisotopic (exact) mass is 307 g/mol. The molecule has 0 amide bonds. The normalized spacial score (nSPS) is 8.83. The number of hydrogen-bond donors (Lipinski definition) is 1. The molecule has 0 aliphatic rings. The fourth-order valence-electron chi connectivity index (χ4n) is 1.83. The second kappa shape index (κ2) is 12.0. The Balaban J connectivity index is 0.000000228. The van der Waals surface area contributed by atoms with Crippen molar-refractivity contribution in [2.24, 2.45) is 5.73 Å². The zero-order chi connectivity index (χ0) is 16.8. The van der Waals surface area contributed by atoms with Crippen molar-refractivity contribution in [1.29, 1.82) is 0 Å². The zero-order valence-electron chi connectivity index (χ0n) is 13.9. The third kappa shape index (κ3) is 7.84. The van der Waals surface area contributed by atoms with Crippen LogP contribution in [0.3, 0.4) is 0 Å². The van der Waals surface area contributed by atoms with Crippen molar-refractivity contribution in [2.75, 3.05) is 7.05 Å². The van der Waals surface area contributed by atoms with Crippen LogP contribution in [0.25, 0.3) is 0 Å².